The Morgan fingerprint density at radius 3 is 2.08 bits per heavy atom. The number of carbonyl (C=O) groups is 2. The summed E-state index contributed by atoms with van der Waals surface area (Å²) in [4.78, 5) is 23.4. The van der Waals surface area contributed by atoms with E-state index in [1.807, 2.05) is 0 Å². The van der Waals surface area contributed by atoms with Gasteiger partial charge in [0.05, 0.1) is 30.2 Å². The third-order valence-corrected chi connectivity index (χ3v) is 5.86. The van der Waals surface area contributed by atoms with Crippen molar-refractivity contribution in [1.82, 2.24) is 9.62 Å². The van der Waals surface area contributed by atoms with Gasteiger partial charge in [-0.25, -0.2) is 18.0 Å². The second-order valence-electron chi connectivity index (χ2n) is 5.40. The van der Waals surface area contributed by atoms with E-state index in [1.165, 1.54) is 43.8 Å². The number of methoxy groups -OCH3 is 2. The summed E-state index contributed by atoms with van der Waals surface area (Å²) in [5.74, 6) is -1.47. The largest absolute Gasteiger partial charge is 0.465 e. The molecule has 2 rings (SSSR count). The van der Waals surface area contributed by atoms with Crippen LogP contribution in [0.4, 0.5) is 0 Å². The van der Waals surface area contributed by atoms with E-state index in [0.717, 1.165) is 6.54 Å². The summed E-state index contributed by atoms with van der Waals surface area (Å²) in [7, 11) is -0.0349. The molecule has 1 unspecified atom stereocenters. The summed E-state index contributed by atoms with van der Waals surface area (Å²) in [5, 5.41) is 3.10. The fraction of sp³-hybridized carbons (Fsp3) is 0.467. The summed E-state index contributed by atoms with van der Waals surface area (Å²) in [5.41, 5.74) is -0.0613. The highest BCUT2D eigenvalue weighted by atomic mass is 32.2. The number of hydrogen-bond donors (Lipinski definition) is 1. The number of ether oxygens (including phenoxy) is 2. The minimum absolute atomic E-state index is 0.0306. The Hall–Kier alpha value is -1.97. The molecular weight excluding hydrogens is 336 g/mol. The van der Waals surface area contributed by atoms with Gasteiger partial charge in [0.1, 0.15) is 0 Å². The van der Waals surface area contributed by atoms with Gasteiger partial charge in [-0.3, -0.25) is 0 Å². The molecule has 1 aliphatic heterocycles. The molecule has 0 spiro atoms. The summed E-state index contributed by atoms with van der Waals surface area (Å²) < 4.78 is 36.2. The smallest absolute Gasteiger partial charge is 0.337 e. The maximum atomic E-state index is 12.8. The molecule has 0 aliphatic carbocycles. The highest BCUT2D eigenvalue weighted by molar-refractivity contribution is 7.89. The molecule has 1 fully saturated rings. The predicted octanol–water partition coefficient (Wildman–Crippen LogP) is 0.242. The Balaban J connectivity index is 2.50. The van der Waals surface area contributed by atoms with Gasteiger partial charge in [0.25, 0.3) is 0 Å². The maximum absolute atomic E-state index is 12.8. The van der Waals surface area contributed by atoms with Crippen LogP contribution in [0.1, 0.15) is 27.1 Å². The van der Waals surface area contributed by atoms with E-state index in [-0.39, 0.29) is 22.1 Å². The van der Waals surface area contributed by atoms with Crippen LogP contribution in [0, 0.1) is 0 Å². The first-order chi connectivity index (χ1) is 11.3. The highest BCUT2D eigenvalue weighted by Gasteiger charge is 2.31. The standard InChI is InChI=1S/C15H20N2O6S/c1-17(12-4-5-16-9-12)24(20,21)13-7-10(14(18)22-2)6-11(8-13)15(19)23-3/h6-8,12,16H,4-5,9H2,1-3H3. The summed E-state index contributed by atoms with van der Waals surface area (Å²) in [6.07, 6.45) is 0.691. The molecule has 9 heteroatoms. The van der Waals surface area contributed by atoms with Gasteiger partial charge in [0.15, 0.2) is 0 Å². The molecule has 132 valence electrons. The maximum Gasteiger partial charge on any atom is 0.337 e. The number of nitrogens with one attached hydrogen (secondary N) is 1. The number of benzene rings is 1. The molecule has 24 heavy (non-hydrogen) atoms. The SMILES string of the molecule is COC(=O)c1cc(C(=O)OC)cc(S(=O)(=O)N(C)C2CCNC2)c1. The first-order valence-corrected chi connectivity index (χ1v) is 8.75. The van der Waals surface area contributed by atoms with Gasteiger partial charge in [-0.05, 0) is 31.2 Å². The van der Waals surface area contributed by atoms with Crippen molar-refractivity contribution < 1.29 is 27.5 Å². The number of esters is 2. The molecule has 1 saturated heterocycles. The Kier molecular flexibility index (Phi) is 5.58. The number of nitrogens with zero attached hydrogens (tertiary/aromatic N) is 1. The van der Waals surface area contributed by atoms with Crippen LogP contribution in [0.3, 0.4) is 0 Å². The van der Waals surface area contributed by atoms with E-state index in [1.54, 1.807) is 0 Å². The topological polar surface area (TPSA) is 102 Å². The van der Waals surface area contributed by atoms with Crippen LogP contribution >= 0.6 is 0 Å². The molecular formula is C15H20N2O6S. The molecule has 0 saturated carbocycles. The Morgan fingerprint density at radius 2 is 1.67 bits per heavy atom. The average molecular weight is 356 g/mol. The van der Waals surface area contributed by atoms with E-state index in [9.17, 15) is 18.0 Å². The van der Waals surface area contributed by atoms with Gasteiger partial charge < -0.3 is 14.8 Å². The quantitative estimate of drug-likeness (QED) is 0.754. The van der Waals surface area contributed by atoms with E-state index in [2.05, 4.69) is 14.8 Å². The minimum atomic E-state index is -3.87. The fourth-order valence-corrected chi connectivity index (χ4v) is 3.99. The number of carbonyl (C=O) groups excluding carboxylic acids is 2. The molecule has 1 heterocycles. The predicted molar refractivity (Wildman–Crippen MR) is 85.3 cm³/mol. The lowest BCUT2D eigenvalue weighted by Gasteiger charge is -2.23. The Morgan fingerprint density at radius 1 is 1.12 bits per heavy atom. The molecule has 0 amide bonds. The average Bonchev–Trinajstić information content (AvgIpc) is 3.13. The van der Waals surface area contributed by atoms with E-state index < -0.39 is 22.0 Å². The lowest BCUT2D eigenvalue weighted by molar-refractivity contribution is 0.0598. The van der Waals surface area contributed by atoms with E-state index in [4.69, 9.17) is 0 Å². The van der Waals surface area contributed by atoms with Crippen LogP contribution in [-0.2, 0) is 19.5 Å². The molecule has 1 aliphatic rings. The molecule has 1 atom stereocenters. The lowest BCUT2D eigenvalue weighted by atomic mass is 10.1. The fourth-order valence-electron chi connectivity index (χ4n) is 2.53. The first kappa shape index (κ1) is 18.4. The van der Waals surface area contributed by atoms with Crippen LogP contribution in [0.2, 0.25) is 0 Å². The van der Waals surface area contributed by atoms with Crippen molar-refractivity contribution in [2.45, 2.75) is 17.4 Å². The number of rotatable bonds is 5. The summed E-state index contributed by atoms with van der Waals surface area (Å²) in [6.45, 7) is 1.29. The Labute approximate surface area is 140 Å². The van der Waals surface area contributed by atoms with E-state index >= 15 is 0 Å². The highest BCUT2D eigenvalue weighted by Crippen LogP contribution is 2.23. The lowest BCUT2D eigenvalue weighted by Crippen LogP contribution is -2.38. The molecule has 1 N–H and O–H groups in total. The zero-order chi connectivity index (χ0) is 17.9. The van der Waals surface area contributed by atoms with Crippen molar-refractivity contribution in [3.63, 3.8) is 0 Å². The van der Waals surface area contributed by atoms with Crippen molar-refractivity contribution in [1.29, 1.82) is 0 Å². The van der Waals surface area contributed by atoms with Gasteiger partial charge in [-0.1, -0.05) is 0 Å². The van der Waals surface area contributed by atoms with Crippen LogP contribution in [-0.4, -0.2) is 65.1 Å². The molecule has 0 bridgehead atoms. The summed E-state index contributed by atoms with van der Waals surface area (Å²) >= 11 is 0. The monoisotopic (exact) mass is 356 g/mol. The second kappa shape index (κ2) is 7.29. The zero-order valence-electron chi connectivity index (χ0n) is 13.7. The van der Waals surface area contributed by atoms with Gasteiger partial charge in [0, 0.05) is 19.6 Å². The van der Waals surface area contributed by atoms with Gasteiger partial charge in [-0.2, -0.15) is 4.31 Å². The van der Waals surface area contributed by atoms with Crippen molar-refractivity contribution in [3.8, 4) is 0 Å². The van der Waals surface area contributed by atoms with Gasteiger partial charge >= 0.3 is 11.9 Å². The molecule has 1 aromatic carbocycles. The molecule has 0 aromatic heterocycles. The van der Waals surface area contributed by atoms with E-state index in [0.29, 0.717) is 13.0 Å². The van der Waals surface area contributed by atoms with Crippen molar-refractivity contribution in [2.75, 3.05) is 34.4 Å². The van der Waals surface area contributed by atoms with Crippen LogP contribution in [0.5, 0.6) is 0 Å². The number of hydrogen-bond acceptors (Lipinski definition) is 7. The first-order valence-electron chi connectivity index (χ1n) is 7.31. The van der Waals surface area contributed by atoms with Crippen molar-refractivity contribution in [2.24, 2.45) is 0 Å². The molecule has 1 aromatic rings. The molecule has 0 radical (unpaired) electrons. The number of sulfonamides is 1. The normalized spacial score (nSPS) is 17.8. The third kappa shape index (κ3) is 3.58. The van der Waals surface area contributed by atoms with Crippen molar-refractivity contribution >= 4 is 22.0 Å². The third-order valence-electron chi connectivity index (χ3n) is 3.97. The Bertz CT molecular complexity index is 706. The van der Waals surface area contributed by atoms with Crippen LogP contribution < -0.4 is 5.32 Å². The minimum Gasteiger partial charge on any atom is -0.465 e. The molecule has 8 nitrogen and oxygen atoms in total. The van der Waals surface area contributed by atoms with Crippen LogP contribution in [0.25, 0.3) is 0 Å². The number of likely N-dealkylation sites (N-methyl/N-ethyl adjacent to an activating group) is 1. The van der Waals surface area contributed by atoms with Crippen molar-refractivity contribution in [3.05, 3.63) is 29.3 Å². The van der Waals surface area contributed by atoms with Gasteiger partial charge in [0.2, 0.25) is 10.0 Å². The van der Waals surface area contributed by atoms with Crippen LogP contribution in [0.15, 0.2) is 23.1 Å². The summed E-state index contributed by atoms with van der Waals surface area (Å²) in [6, 6.07) is 3.46. The zero-order valence-corrected chi connectivity index (χ0v) is 14.6. The van der Waals surface area contributed by atoms with Gasteiger partial charge in [-0.15, -0.1) is 0 Å². The second-order valence-corrected chi connectivity index (χ2v) is 7.39.